The summed E-state index contributed by atoms with van der Waals surface area (Å²) in [6.07, 6.45) is 0.860. The smallest absolute Gasteiger partial charge is 0.231 e. The monoisotopic (exact) mass is 349 g/mol. The van der Waals surface area contributed by atoms with Gasteiger partial charge in [0.1, 0.15) is 11.5 Å². The molecule has 2 aromatic heterocycles. The van der Waals surface area contributed by atoms with Gasteiger partial charge >= 0.3 is 0 Å². The highest BCUT2D eigenvalue weighted by Gasteiger charge is 2.26. The Labute approximate surface area is 151 Å². The first-order valence-electron chi connectivity index (χ1n) is 8.78. The van der Waals surface area contributed by atoms with Crippen molar-refractivity contribution >= 4 is 0 Å². The summed E-state index contributed by atoms with van der Waals surface area (Å²) >= 11 is 0. The largest absolute Gasteiger partial charge is 0.454 e. The molecule has 0 spiro atoms. The maximum Gasteiger partial charge on any atom is 0.231 e. The van der Waals surface area contributed by atoms with Gasteiger partial charge in [0.25, 0.3) is 0 Å². The van der Waals surface area contributed by atoms with Gasteiger partial charge in [0.05, 0.1) is 5.69 Å². The topological polar surface area (TPSA) is 60.6 Å². The highest BCUT2D eigenvalue weighted by molar-refractivity contribution is 5.67. The van der Waals surface area contributed by atoms with E-state index in [1.54, 1.807) is 0 Å². The zero-order chi connectivity index (χ0) is 17.5. The number of aromatic nitrogens is 2. The molecule has 6 heteroatoms. The van der Waals surface area contributed by atoms with Gasteiger partial charge in [0, 0.05) is 42.9 Å². The van der Waals surface area contributed by atoms with E-state index in [9.17, 15) is 0 Å². The van der Waals surface area contributed by atoms with Gasteiger partial charge in [-0.3, -0.25) is 9.88 Å². The van der Waals surface area contributed by atoms with Crippen LogP contribution in [0.5, 0.6) is 11.5 Å². The third-order valence-electron chi connectivity index (χ3n) is 4.88. The minimum atomic E-state index is 0.271. The lowest BCUT2D eigenvalue weighted by atomic mass is 10.0. The van der Waals surface area contributed by atoms with Crippen LogP contribution in [-0.4, -0.2) is 28.4 Å². The van der Waals surface area contributed by atoms with Crippen molar-refractivity contribution in [2.24, 2.45) is 0 Å². The van der Waals surface area contributed by atoms with Crippen LogP contribution in [0.25, 0.3) is 11.3 Å². The van der Waals surface area contributed by atoms with Crippen LogP contribution >= 0.6 is 0 Å². The zero-order valence-electron chi connectivity index (χ0n) is 14.6. The normalized spacial score (nSPS) is 15.9. The number of fused-ring (bicyclic) bond motifs is 2. The molecule has 0 saturated heterocycles. The second kappa shape index (κ2) is 6.14. The highest BCUT2D eigenvalue weighted by Crippen LogP contribution is 2.38. The molecule has 5 rings (SSSR count). The second-order valence-corrected chi connectivity index (χ2v) is 6.73. The van der Waals surface area contributed by atoms with Gasteiger partial charge in [-0.25, -0.2) is 0 Å². The summed E-state index contributed by atoms with van der Waals surface area (Å²) in [6, 6.07) is 12.1. The number of benzene rings is 1. The average molecular weight is 349 g/mol. The van der Waals surface area contributed by atoms with Gasteiger partial charge < -0.3 is 14.0 Å². The molecular weight excluding hydrogens is 330 g/mol. The molecule has 0 bridgehead atoms. The molecule has 0 fully saturated rings. The van der Waals surface area contributed by atoms with Crippen molar-refractivity contribution in [3.8, 4) is 22.8 Å². The zero-order valence-corrected chi connectivity index (χ0v) is 14.6. The van der Waals surface area contributed by atoms with E-state index < -0.39 is 0 Å². The quantitative estimate of drug-likeness (QED) is 0.723. The van der Waals surface area contributed by atoms with Crippen molar-refractivity contribution in [3.63, 3.8) is 0 Å². The number of hydrogen-bond donors (Lipinski definition) is 0. The molecule has 0 aliphatic carbocycles. The molecule has 0 radical (unpaired) electrons. The Morgan fingerprint density at radius 1 is 1.12 bits per heavy atom. The van der Waals surface area contributed by atoms with Gasteiger partial charge in [0.15, 0.2) is 11.5 Å². The van der Waals surface area contributed by atoms with Crippen LogP contribution in [0.15, 0.2) is 40.9 Å². The molecule has 0 amide bonds. The lowest BCUT2D eigenvalue weighted by molar-refractivity contribution is 0.174. The Hall–Kier alpha value is -2.86. The van der Waals surface area contributed by atoms with E-state index in [4.69, 9.17) is 14.0 Å². The van der Waals surface area contributed by atoms with Crippen LogP contribution in [0, 0.1) is 6.92 Å². The number of nitrogens with zero attached hydrogens (tertiary/aromatic N) is 3. The summed E-state index contributed by atoms with van der Waals surface area (Å²) in [7, 11) is 0. The lowest BCUT2D eigenvalue weighted by Gasteiger charge is -2.25. The third kappa shape index (κ3) is 2.72. The summed E-state index contributed by atoms with van der Waals surface area (Å²) in [6.45, 7) is 4.87. The summed E-state index contributed by atoms with van der Waals surface area (Å²) in [5, 5.41) is 4.34. The Morgan fingerprint density at radius 2 is 2.04 bits per heavy atom. The van der Waals surface area contributed by atoms with Crippen molar-refractivity contribution in [3.05, 3.63) is 59.1 Å². The number of pyridine rings is 1. The van der Waals surface area contributed by atoms with Gasteiger partial charge in [-0.05, 0) is 37.3 Å². The molecule has 1 aromatic carbocycles. The molecule has 132 valence electrons. The van der Waals surface area contributed by atoms with Crippen LogP contribution < -0.4 is 9.47 Å². The predicted octanol–water partition coefficient (Wildman–Crippen LogP) is 3.33. The summed E-state index contributed by atoms with van der Waals surface area (Å²) in [5.41, 5.74) is 5.18. The minimum Gasteiger partial charge on any atom is -0.454 e. The van der Waals surface area contributed by atoms with E-state index in [1.165, 1.54) is 0 Å². The van der Waals surface area contributed by atoms with E-state index in [0.29, 0.717) is 0 Å². The lowest BCUT2D eigenvalue weighted by Crippen LogP contribution is -2.30. The molecule has 26 heavy (non-hydrogen) atoms. The molecule has 2 aliphatic rings. The molecule has 0 unspecified atom stereocenters. The molecule has 3 aromatic rings. The van der Waals surface area contributed by atoms with Crippen molar-refractivity contribution in [1.82, 2.24) is 15.0 Å². The van der Waals surface area contributed by atoms with Gasteiger partial charge in [0.2, 0.25) is 6.79 Å². The molecule has 6 nitrogen and oxygen atoms in total. The summed E-state index contributed by atoms with van der Waals surface area (Å²) < 4.78 is 16.5. The minimum absolute atomic E-state index is 0.271. The predicted molar refractivity (Wildman–Crippen MR) is 94.9 cm³/mol. The van der Waals surface area contributed by atoms with Crippen LogP contribution in [0.2, 0.25) is 0 Å². The molecule has 4 heterocycles. The molecule has 0 atom stereocenters. The number of aryl methyl sites for hydroxylation is 1. The van der Waals surface area contributed by atoms with Crippen LogP contribution in [0.1, 0.15) is 22.7 Å². The van der Waals surface area contributed by atoms with Crippen LogP contribution in [0.4, 0.5) is 0 Å². The van der Waals surface area contributed by atoms with Crippen molar-refractivity contribution in [2.75, 3.05) is 13.3 Å². The van der Waals surface area contributed by atoms with Gasteiger partial charge in [-0.2, -0.15) is 0 Å². The Morgan fingerprint density at radius 3 is 2.96 bits per heavy atom. The SMILES string of the molecule is Cc1cccc(CN2CCc3onc(-c4ccc5c(c4)OCO5)c3C2)n1. The number of ether oxygens (including phenoxy) is 2. The Balaban J connectivity index is 1.42. The fraction of sp³-hybridized carbons (Fsp3) is 0.300. The summed E-state index contributed by atoms with van der Waals surface area (Å²) in [4.78, 5) is 7.01. The Bertz CT molecular complexity index is 967. The molecule has 0 saturated carbocycles. The standard InChI is InChI=1S/C20H19N3O3/c1-13-3-2-4-15(21-13)10-23-8-7-17-16(11-23)20(22-26-17)14-5-6-18-19(9-14)25-12-24-18/h2-6,9H,7-8,10-12H2,1H3. The fourth-order valence-corrected chi connectivity index (χ4v) is 3.59. The first kappa shape index (κ1) is 15.4. The van der Waals surface area contributed by atoms with Gasteiger partial charge in [-0.1, -0.05) is 11.2 Å². The van der Waals surface area contributed by atoms with E-state index in [1.807, 2.05) is 31.2 Å². The van der Waals surface area contributed by atoms with E-state index in [2.05, 4.69) is 27.2 Å². The second-order valence-electron chi connectivity index (χ2n) is 6.73. The average Bonchev–Trinajstić information content (AvgIpc) is 3.27. The number of rotatable bonds is 3. The first-order valence-corrected chi connectivity index (χ1v) is 8.78. The first-order chi connectivity index (χ1) is 12.8. The fourth-order valence-electron chi connectivity index (χ4n) is 3.59. The highest BCUT2D eigenvalue weighted by atomic mass is 16.7. The van der Waals surface area contributed by atoms with Crippen molar-refractivity contribution in [2.45, 2.75) is 26.4 Å². The Kier molecular flexibility index (Phi) is 3.64. The summed E-state index contributed by atoms with van der Waals surface area (Å²) in [5.74, 6) is 2.51. The van der Waals surface area contributed by atoms with Crippen LogP contribution in [-0.2, 0) is 19.5 Å². The van der Waals surface area contributed by atoms with Crippen molar-refractivity contribution < 1.29 is 14.0 Å². The third-order valence-corrected chi connectivity index (χ3v) is 4.88. The molecular formula is C20H19N3O3. The maximum absolute atomic E-state index is 5.61. The van der Waals surface area contributed by atoms with Crippen molar-refractivity contribution in [1.29, 1.82) is 0 Å². The van der Waals surface area contributed by atoms with E-state index in [0.717, 1.165) is 71.5 Å². The number of hydrogen-bond acceptors (Lipinski definition) is 6. The van der Waals surface area contributed by atoms with Crippen LogP contribution in [0.3, 0.4) is 0 Å². The van der Waals surface area contributed by atoms with E-state index in [-0.39, 0.29) is 6.79 Å². The molecule has 2 aliphatic heterocycles. The molecule has 0 N–H and O–H groups in total. The van der Waals surface area contributed by atoms with E-state index >= 15 is 0 Å². The van der Waals surface area contributed by atoms with Gasteiger partial charge in [-0.15, -0.1) is 0 Å². The maximum atomic E-state index is 5.61.